The predicted molar refractivity (Wildman–Crippen MR) is 54.9 cm³/mol. The number of hydrogen-bond donors (Lipinski definition) is 2. The normalized spacial score (nSPS) is 13.0. The molecule has 1 rings (SSSR count). The molecule has 0 spiro atoms. The van der Waals surface area contributed by atoms with Crippen molar-refractivity contribution in [2.75, 3.05) is 0 Å². The average Bonchev–Trinajstić information content (AvgIpc) is 2.08. The van der Waals surface area contributed by atoms with Gasteiger partial charge in [-0.1, -0.05) is 27.5 Å². The number of nitrogens with one attached hydrogen (secondary N) is 1. The molecular formula is C8H10BrClN2. The first-order valence-corrected chi connectivity index (χ1v) is 4.73. The Bertz CT molecular complexity index is 278. The van der Waals surface area contributed by atoms with Gasteiger partial charge in [0, 0.05) is 15.5 Å². The van der Waals surface area contributed by atoms with Gasteiger partial charge in [0.25, 0.3) is 0 Å². The Morgan fingerprint density at radius 2 is 2.25 bits per heavy atom. The Balaban J connectivity index is 3.04. The van der Waals surface area contributed by atoms with Crippen LogP contribution in [-0.4, -0.2) is 0 Å². The Kier molecular flexibility index (Phi) is 3.53. The van der Waals surface area contributed by atoms with Gasteiger partial charge in [-0.05, 0) is 30.7 Å². The fraction of sp³-hybridized carbons (Fsp3) is 0.250. The molecule has 1 unspecified atom stereocenters. The van der Waals surface area contributed by atoms with Gasteiger partial charge in [-0.15, -0.1) is 0 Å². The molecule has 2 nitrogen and oxygen atoms in total. The third-order valence-corrected chi connectivity index (χ3v) is 2.51. The smallest absolute Gasteiger partial charge is 0.0455 e. The van der Waals surface area contributed by atoms with Crippen molar-refractivity contribution >= 4 is 27.5 Å². The summed E-state index contributed by atoms with van der Waals surface area (Å²) in [5, 5.41) is 0.726. The molecule has 0 radical (unpaired) electrons. The molecule has 1 aromatic carbocycles. The second-order valence-corrected chi connectivity index (χ2v) is 3.88. The first-order valence-electron chi connectivity index (χ1n) is 3.56. The van der Waals surface area contributed by atoms with E-state index in [1.165, 1.54) is 0 Å². The summed E-state index contributed by atoms with van der Waals surface area (Å²) in [6.07, 6.45) is 0. The fourth-order valence-corrected chi connectivity index (χ4v) is 1.60. The zero-order valence-electron chi connectivity index (χ0n) is 6.64. The van der Waals surface area contributed by atoms with E-state index < -0.39 is 0 Å². The van der Waals surface area contributed by atoms with E-state index >= 15 is 0 Å². The van der Waals surface area contributed by atoms with E-state index in [0.717, 1.165) is 15.1 Å². The van der Waals surface area contributed by atoms with Crippen LogP contribution in [-0.2, 0) is 0 Å². The van der Waals surface area contributed by atoms with Gasteiger partial charge in [0.05, 0.1) is 0 Å². The van der Waals surface area contributed by atoms with E-state index in [4.69, 9.17) is 17.4 Å². The van der Waals surface area contributed by atoms with E-state index in [-0.39, 0.29) is 6.04 Å². The highest BCUT2D eigenvalue weighted by molar-refractivity contribution is 9.10. The molecule has 0 aliphatic heterocycles. The zero-order chi connectivity index (χ0) is 9.14. The van der Waals surface area contributed by atoms with E-state index in [0.29, 0.717) is 0 Å². The van der Waals surface area contributed by atoms with Crippen molar-refractivity contribution in [1.82, 2.24) is 5.43 Å². The molecule has 3 N–H and O–H groups in total. The Morgan fingerprint density at radius 1 is 1.58 bits per heavy atom. The maximum atomic E-state index is 5.95. The van der Waals surface area contributed by atoms with Crippen molar-refractivity contribution in [3.05, 3.63) is 33.3 Å². The van der Waals surface area contributed by atoms with Crippen LogP contribution in [0.15, 0.2) is 22.7 Å². The van der Waals surface area contributed by atoms with Crippen LogP contribution in [0.4, 0.5) is 0 Å². The molecule has 0 aliphatic carbocycles. The molecule has 1 atom stereocenters. The van der Waals surface area contributed by atoms with Gasteiger partial charge in [-0.2, -0.15) is 0 Å². The van der Waals surface area contributed by atoms with Crippen LogP contribution in [0.3, 0.4) is 0 Å². The average molecular weight is 250 g/mol. The minimum atomic E-state index is 0.0648. The highest BCUT2D eigenvalue weighted by atomic mass is 79.9. The lowest BCUT2D eigenvalue weighted by Gasteiger charge is -2.12. The van der Waals surface area contributed by atoms with Gasteiger partial charge >= 0.3 is 0 Å². The number of hydrogen-bond acceptors (Lipinski definition) is 2. The second kappa shape index (κ2) is 4.23. The summed E-state index contributed by atoms with van der Waals surface area (Å²) in [5.74, 6) is 5.30. The number of rotatable bonds is 2. The first-order chi connectivity index (χ1) is 5.65. The van der Waals surface area contributed by atoms with Crippen LogP contribution >= 0.6 is 27.5 Å². The molecule has 0 aromatic heterocycles. The highest BCUT2D eigenvalue weighted by Crippen LogP contribution is 2.25. The lowest BCUT2D eigenvalue weighted by atomic mass is 10.1. The third kappa shape index (κ3) is 2.20. The summed E-state index contributed by atoms with van der Waals surface area (Å²) in [7, 11) is 0. The first kappa shape index (κ1) is 9.99. The summed E-state index contributed by atoms with van der Waals surface area (Å²) in [5.41, 5.74) is 3.64. The minimum Gasteiger partial charge on any atom is -0.271 e. The number of nitrogens with two attached hydrogens (primary N) is 1. The van der Waals surface area contributed by atoms with Gasteiger partial charge in [0.1, 0.15) is 0 Å². The Morgan fingerprint density at radius 3 is 2.83 bits per heavy atom. The molecule has 66 valence electrons. The molecule has 0 saturated carbocycles. The van der Waals surface area contributed by atoms with Crippen molar-refractivity contribution in [2.45, 2.75) is 13.0 Å². The molecule has 0 amide bonds. The molecule has 0 fully saturated rings. The quantitative estimate of drug-likeness (QED) is 0.625. The molecule has 0 bridgehead atoms. The zero-order valence-corrected chi connectivity index (χ0v) is 8.98. The molecule has 0 saturated heterocycles. The summed E-state index contributed by atoms with van der Waals surface area (Å²) in [6.45, 7) is 1.95. The van der Waals surface area contributed by atoms with Gasteiger partial charge in [0.2, 0.25) is 0 Å². The lowest BCUT2D eigenvalue weighted by molar-refractivity contribution is 0.602. The van der Waals surface area contributed by atoms with E-state index in [1.54, 1.807) is 0 Å². The van der Waals surface area contributed by atoms with Crippen molar-refractivity contribution in [3.8, 4) is 0 Å². The van der Waals surface area contributed by atoms with Crippen molar-refractivity contribution < 1.29 is 0 Å². The molecule has 1 aromatic rings. The Labute approximate surface area is 85.2 Å². The van der Waals surface area contributed by atoms with Crippen LogP contribution in [0.2, 0.25) is 5.02 Å². The second-order valence-electron chi connectivity index (χ2n) is 2.55. The summed E-state index contributed by atoms with van der Waals surface area (Å²) in [6, 6.07) is 5.76. The monoisotopic (exact) mass is 248 g/mol. The van der Waals surface area contributed by atoms with Gasteiger partial charge < -0.3 is 0 Å². The van der Waals surface area contributed by atoms with E-state index in [2.05, 4.69) is 21.4 Å². The molecule has 0 heterocycles. The molecule has 4 heteroatoms. The maximum absolute atomic E-state index is 5.95. The largest absolute Gasteiger partial charge is 0.271 e. The standard InChI is InChI=1S/C8H10BrClN2/c1-5(12-11)7-4-6(9)2-3-8(7)10/h2-5,12H,11H2,1H3. The van der Waals surface area contributed by atoms with Gasteiger partial charge in [-0.25, -0.2) is 0 Å². The number of benzene rings is 1. The molecule has 0 aliphatic rings. The van der Waals surface area contributed by atoms with Crippen LogP contribution in [0, 0.1) is 0 Å². The fourth-order valence-electron chi connectivity index (χ4n) is 0.936. The summed E-state index contributed by atoms with van der Waals surface area (Å²) >= 11 is 9.32. The molecular weight excluding hydrogens is 239 g/mol. The van der Waals surface area contributed by atoms with Crippen molar-refractivity contribution in [3.63, 3.8) is 0 Å². The topological polar surface area (TPSA) is 38.0 Å². The van der Waals surface area contributed by atoms with Crippen molar-refractivity contribution in [1.29, 1.82) is 0 Å². The van der Waals surface area contributed by atoms with Crippen LogP contribution < -0.4 is 11.3 Å². The SMILES string of the molecule is CC(NN)c1cc(Br)ccc1Cl. The summed E-state index contributed by atoms with van der Waals surface area (Å²) < 4.78 is 1.00. The third-order valence-electron chi connectivity index (χ3n) is 1.67. The summed E-state index contributed by atoms with van der Waals surface area (Å²) in [4.78, 5) is 0. The predicted octanol–water partition coefficient (Wildman–Crippen LogP) is 2.63. The number of halogens is 2. The Hall–Kier alpha value is -0.0900. The molecule has 12 heavy (non-hydrogen) atoms. The lowest BCUT2D eigenvalue weighted by Crippen LogP contribution is -2.25. The van der Waals surface area contributed by atoms with Crippen molar-refractivity contribution in [2.24, 2.45) is 5.84 Å². The maximum Gasteiger partial charge on any atom is 0.0455 e. The van der Waals surface area contributed by atoms with E-state index in [1.807, 2.05) is 25.1 Å². The highest BCUT2D eigenvalue weighted by Gasteiger charge is 2.07. The van der Waals surface area contributed by atoms with Gasteiger partial charge in [-0.3, -0.25) is 11.3 Å². The van der Waals surface area contributed by atoms with E-state index in [9.17, 15) is 0 Å². The minimum absolute atomic E-state index is 0.0648. The van der Waals surface area contributed by atoms with Crippen LogP contribution in [0.5, 0.6) is 0 Å². The van der Waals surface area contributed by atoms with Crippen LogP contribution in [0.1, 0.15) is 18.5 Å². The van der Waals surface area contributed by atoms with Crippen LogP contribution in [0.25, 0.3) is 0 Å². The van der Waals surface area contributed by atoms with Gasteiger partial charge in [0.15, 0.2) is 0 Å². The number of hydrazine groups is 1.